The van der Waals surface area contributed by atoms with Gasteiger partial charge in [0.15, 0.2) is 22.9 Å². The predicted molar refractivity (Wildman–Crippen MR) is 142 cm³/mol. The molecule has 6 aromatic rings. The molecule has 0 amide bonds. The van der Waals surface area contributed by atoms with E-state index in [0.29, 0.717) is 6.07 Å². The first-order valence-corrected chi connectivity index (χ1v) is 12.8. The molecular formula is C31H17F9N2O2. The Kier molecular flexibility index (Phi) is 6.56. The third kappa shape index (κ3) is 4.85. The number of halogens is 9. The lowest BCUT2D eigenvalue weighted by Gasteiger charge is -2.19. The van der Waals surface area contributed by atoms with Crippen molar-refractivity contribution in [1.29, 1.82) is 0 Å². The summed E-state index contributed by atoms with van der Waals surface area (Å²) in [5.74, 6) is 0.0544. The SMILES string of the molecule is Cc1nc2c(-c3ccccc3C(F)(F)F)c3oc(C)nc3c(-c3ccccc3-c3ccc(C(F)(F)F)cc3C(F)(F)F)c2o1. The van der Waals surface area contributed by atoms with Gasteiger partial charge in [0.2, 0.25) is 0 Å². The van der Waals surface area contributed by atoms with Crippen LogP contribution in [0, 0.1) is 13.8 Å². The van der Waals surface area contributed by atoms with Crippen molar-refractivity contribution in [3.63, 3.8) is 0 Å². The molecule has 44 heavy (non-hydrogen) atoms. The van der Waals surface area contributed by atoms with Gasteiger partial charge in [0.1, 0.15) is 11.0 Å². The minimum Gasteiger partial charge on any atom is -0.440 e. The zero-order valence-electron chi connectivity index (χ0n) is 22.5. The fraction of sp³-hybridized carbons (Fsp3) is 0.161. The minimum atomic E-state index is -5.17. The van der Waals surface area contributed by atoms with Crippen LogP contribution in [0.3, 0.4) is 0 Å². The van der Waals surface area contributed by atoms with Crippen molar-refractivity contribution in [1.82, 2.24) is 9.97 Å². The first-order valence-electron chi connectivity index (χ1n) is 12.8. The van der Waals surface area contributed by atoms with Crippen LogP contribution >= 0.6 is 0 Å². The third-order valence-corrected chi connectivity index (χ3v) is 7.04. The monoisotopic (exact) mass is 620 g/mol. The average Bonchev–Trinajstić information content (AvgIpc) is 3.51. The molecule has 2 heterocycles. The van der Waals surface area contributed by atoms with E-state index in [-0.39, 0.29) is 67.9 Å². The van der Waals surface area contributed by atoms with Crippen molar-refractivity contribution in [3.8, 4) is 33.4 Å². The summed E-state index contributed by atoms with van der Waals surface area (Å²) in [6.07, 6.45) is -15.0. The van der Waals surface area contributed by atoms with Gasteiger partial charge in [-0.2, -0.15) is 39.5 Å². The fourth-order valence-electron chi connectivity index (χ4n) is 5.32. The number of hydrogen-bond acceptors (Lipinski definition) is 4. The lowest BCUT2D eigenvalue weighted by molar-refractivity contribution is -0.143. The third-order valence-electron chi connectivity index (χ3n) is 7.04. The molecule has 0 N–H and O–H groups in total. The Morgan fingerprint density at radius 1 is 0.500 bits per heavy atom. The summed E-state index contributed by atoms with van der Waals surface area (Å²) in [5.41, 5.74) is -5.33. The van der Waals surface area contributed by atoms with Gasteiger partial charge in [0.25, 0.3) is 0 Å². The van der Waals surface area contributed by atoms with Gasteiger partial charge >= 0.3 is 18.5 Å². The van der Waals surface area contributed by atoms with Crippen LogP contribution in [0.25, 0.3) is 55.6 Å². The molecule has 0 unspecified atom stereocenters. The summed E-state index contributed by atoms with van der Waals surface area (Å²) < 4.78 is 137. The Morgan fingerprint density at radius 2 is 0.977 bits per heavy atom. The van der Waals surface area contributed by atoms with Crippen LogP contribution in [0.5, 0.6) is 0 Å². The molecule has 0 bridgehead atoms. The molecule has 13 heteroatoms. The molecule has 0 atom stereocenters. The van der Waals surface area contributed by atoms with Crippen LogP contribution in [0.15, 0.2) is 75.6 Å². The van der Waals surface area contributed by atoms with Gasteiger partial charge in [-0.15, -0.1) is 0 Å². The molecule has 0 spiro atoms. The van der Waals surface area contributed by atoms with E-state index in [0.717, 1.165) is 12.1 Å². The molecule has 0 aliphatic rings. The van der Waals surface area contributed by atoms with E-state index < -0.39 is 40.8 Å². The zero-order chi connectivity index (χ0) is 31.8. The number of aryl methyl sites for hydroxylation is 2. The Balaban J connectivity index is 1.73. The van der Waals surface area contributed by atoms with Crippen molar-refractivity contribution < 1.29 is 48.3 Å². The van der Waals surface area contributed by atoms with Crippen LogP contribution in [-0.4, -0.2) is 9.97 Å². The lowest BCUT2D eigenvalue weighted by atomic mass is 9.88. The van der Waals surface area contributed by atoms with Crippen LogP contribution < -0.4 is 0 Å². The Hall–Kier alpha value is -4.81. The number of oxazole rings is 2. The summed E-state index contributed by atoms with van der Waals surface area (Å²) in [6.45, 7) is 2.88. The Labute approximate surface area is 241 Å². The maximum Gasteiger partial charge on any atom is 0.417 e. The van der Waals surface area contributed by atoms with Gasteiger partial charge in [-0.25, -0.2) is 9.97 Å². The van der Waals surface area contributed by atoms with Crippen molar-refractivity contribution in [3.05, 3.63) is 95.2 Å². The summed E-state index contributed by atoms with van der Waals surface area (Å²) in [6, 6.07) is 11.6. The molecule has 226 valence electrons. The predicted octanol–water partition coefficient (Wildman–Crippen LogP) is 10.6. The summed E-state index contributed by atoms with van der Waals surface area (Å²) >= 11 is 0. The van der Waals surface area contributed by atoms with Gasteiger partial charge in [0, 0.05) is 13.8 Å². The Bertz CT molecular complexity index is 2010. The topological polar surface area (TPSA) is 52.1 Å². The zero-order valence-corrected chi connectivity index (χ0v) is 22.5. The highest BCUT2D eigenvalue weighted by molar-refractivity contribution is 6.17. The number of alkyl halides is 9. The normalized spacial score (nSPS) is 12.9. The molecule has 0 saturated carbocycles. The van der Waals surface area contributed by atoms with Crippen LogP contribution in [-0.2, 0) is 18.5 Å². The molecule has 4 aromatic carbocycles. The second kappa shape index (κ2) is 9.86. The first kappa shape index (κ1) is 29.3. The molecule has 4 nitrogen and oxygen atoms in total. The molecule has 6 rings (SSSR count). The summed E-state index contributed by atoms with van der Waals surface area (Å²) in [4.78, 5) is 8.70. The van der Waals surface area contributed by atoms with Gasteiger partial charge in [-0.05, 0) is 40.5 Å². The van der Waals surface area contributed by atoms with Crippen molar-refractivity contribution in [2.24, 2.45) is 0 Å². The molecule has 0 fully saturated rings. The van der Waals surface area contributed by atoms with Gasteiger partial charge in [0.05, 0.1) is 27.8 Å². The number of fused-ring (bicyclic) bond motifs is 2. The van der Waals surface area contributed by atoms with Crippen molar-refractivity contribution in [2.75, 3.05) is 0 Å². The molecular weight excluding hydrogens is 603 g/mol. The molecule has 0 aliphatic carbocycles. The van der Waals surface area contributed by atoms with E-state index in [1.807, 2.05) is 0 Å². The second-order valence-electron chi connectivity index (χ2n) is 9.92. The van der Waals surface area contributed by atoms with E-state index in [4.69, 9.17) is 8.83 Å². The minimum absolute atomic E-state index is 0.0272. The maximum absolute atomic E-state index is 14.2. The highest BCUT2D eigenvalue weighted by Gasteiger charge is 2.40. The molecule has 0 aliphatic heterocycles. The number of hydrogen-bond donors (Lipinski definition) is 0. The van der Waals surface area contributed by atoms with E-state index in [1.165, 1.54) is 56.3 Å². The number of rotatable bonds is 3. The number of aromatic nitrogens is 2. The van der Waals surface area contributed by atoms with Crippen molar-refractivity contribution >= 4 is 22.2 Å². The van der Waals surface area contributed by atoms with E-state index in [9.17, 15) is 39.5 Å². The molecule has 0 saturated heterocycles. The number of benzene rings is 4. The van der Waals surface area contributed by atoms with Gasteiger partial charge in [-0.3, -0.25) is 0 Å². The Morgan fingerprint density at radius 3 is 1.50 bits per heavy atom. The summed E-state index contributed by atoms with van der Waals surface area (Å²) in [5, 5.41) is 0. The van der Waals surface area contributed by atoms with E-state index >= 15 is 0 Å². The average molecular weight is 620 g/mol. The second-order valence-corrected chi connectivity index (χ2v) is 9.92. The van der Waals surface area contributed by atoms with Gasteiger partial charge in [-0.1, -0.05) is 48.5 Å². The van der Waals surface area contributed by atoms with E-state index in [2.05, 4.69) is 9.97 Å². The van der Waals surface area contributed by atoms with E-state index in [1.54, 1.807) is 0 Å². The molecule has 0 radical (unpaired) electrons. The maximum atomic E-state index is 14.2. The van der Waals surface area contributed by atoms with Crippen LogP contribution in [0.4, 0.5) is 39.5 Å². The van der Waals surface area contributed by atoms with Crippen LogP contribution in [0.1, 0.15) is 28.5 Å². The highest BCUT2D eigenvalue weighted by Crippen LogP contribution is 2.50. The highest BCUT2D eigenvalue weighted by atomic mass is 19.4. The van der Waals surface area contributed by atoms with Crippen molar-refractivity contribution in [2.45, 2.75) is 32.4 Å². The smallest absolute Gasteiger partial charge is 0.417 e. The van der Waals surface area contributed by atoms with Gasteiger partial charge < -0.3 is 8.83 Å². The molecule has 2 aromatic heterocycles. The van der Waals surface area contributed by atoms with Crippen LogP contribution in [0.2, 0.25) is 0 Å². The summed E-state index contributed by atoms with van der Waals surface area (Å²) in [7, 11) is 0. The first-order chi connectivity index (χ1) is 20.6. The number of nitrogens with zero attached hydrogens (tertiary/aromatic N) is 2. The quantitative estimate of drug-likeness (QED) is 0.185. The largest absolute Gasteiger partial charge is 0.440 e. The standard InChI is InChI=1S/C31H17F9N2O2/c1-14-41-25-23(19-8-4-3-7-17(19)18-12-11-16(29(32,33)34)13-22(18)31(38,39)40)27-26(42-15(2)43-27)24(28(25)44-14)20-9-5-6-10-21(20)30(35,36)37/h3-13H,1-2H3. The lowest BCUT2D eigenvalue weighted by Crippen LogP contribution is -2.12. The fourth-order valence-corrected chi connectivity index (χ4v) is 5.32.